The molecule has 1 aromatic carbocycles. The Labute approximate surface area is 104 Å². The van der Waals surface area contributed by atoms with E-state index in [2.05, 4.69) is 52.2 Å². The summed E-state index contributed by atoms with van der Waals surface area (Å²) in [4.78, 5) is 0. The van der Waals surface area contributed by atoms with Gasteiger partial charge in [-0.2, -0.15) is 0 Å². The summed E-state index contributed by atoms with van der Waals surface area (Å²) < 4.78 is 7.33. The van der Waals surface area contributed by atoms with E-state index in [-0.39, 0.29) is 0 Å². The molecule has 2 saturated heterocycles. The average molecular weight is 315 g/mol. The zero-order valence-electron chi connectivity index (χ0n) is 8.45. The van der Waals surface area contributed by atoms with Crippen molar-refractivity contribution in [2.75, 3.05) is 13.1 Å². The Morgan fingerprint density at radius 1 is 1.20 bits per heavy atom. The molecule has 2 nitrogen and oxygen atoms in total. The van der Waals surface area contributed by atoms with Gasteiger partial charge in [0.05, 0.1) is 12.2 Å². The van der Waals surface area contributed by atoms with Gasteiger partial charge in [-0.25, -0.2) is 0 Å². The normalized spacial score (nSPS) is 34.3. The molecule has 0 spiro atoms. The zero-order chi connectivity index (χ0) is 10.3. The van der Waals surface area contributed by atoms with Gasteiger partial charge in [0, 0.05) is 22.6 Å². The Kier molecular flexibility index (Phi) is 2.70. The monoisotopic (exact) mass is 315 g/mol. The Morgan fingerprint density at radius 2 is 2.00 bits per heavy atom. The number of hydrogen-bond acceptors (Lipinski definition) is 2. The van der Waals surface area contributed by atoms with Crippen LogP contribution in [0.4, 0.5) is 0 Å². The number of benzene rings is 1. The van der Waals surface area contributed by atoms with Crippen molar-refractivity contribution in [2.24, 2.45) is 5.92 Å². The van der Waals surface area contributed by atoms with E-state index in [1.165, 1.54) is 15.6 Å². The second-order valence-corrected chi connectivity index (χ2v) is 5.61. The second kappa shape index (κ2) is 4.03. The van der Waals surface area contributed by atoms with E-state index in [0.29, 0.717) is 12.2 Å². The highest BCUT2D eigenvalue weighted by molar-refractivity contribution is 14.1. The number of fused-ring (bicyclic) bond motifs is 1. The predicted octanol–water partition coefficient (Wildman–Crippen LogP) is 2.34. The van der Waals surface area contributed by atoms with E-state index in [9.17, 15) is 0 Å². The second-order valence-electron chi connectivity index (χ2n) is 4.37. The molecule has 15 heavy (non-hydrogen) atoms. The third-order valence-electron chi connectivity index (χ3n) is 3.38. The first kappa shape index (κ1) is 10.1. The highest BCUT2D eigenvalue weighted by Crippen LogP contribution is 2.38. The van der Waals surface area contributed by atoms with Crippen molar-refractivity contribution < 1.29 is 4.74 Å². The predicted molar refractivity (Wildman–Crippen MR) is 67.7 cm³/mol. The molecule has 0 amide bonds. The van der Waals surface area contributed by atoms with E-state index >= 15 is 0 Å². The van der Waals surface area contributed by atoms with Crippen LogP contribution in [0, 0.1) is 9.49 Å². The number of hydrogen-bond donors (Lipinski definition) is 1. The molecule has 0 aliphatic carbocycles. The molecule has 80 valence electrons. The Balaban J connectivity index is 1.76. The summed E-state index contributed by atoms with van der Waals surface area (Å²) in [6.07, 6.45) is 1.96. The van der Waals surface area contributed by atoms with Crippen molar-refractivity contribution in [3.63, 3.8) is 0 Å². The highest BCUT2D eigenvalue weighted by atomic mass is 127. The molecule has 0 radical (unpaired) electrons. The minimum atomic E-state index is 0.332. The van der Waals surface area contributed by atoms with Crippen molar-refractivity contribution in [1.82, 2.24) is 5.32 Å². The first-order chi connectivity index (χ1) is 7.33. The number of rotatable bonds is 1. The fraction of sp³-hybridized carbons (Fsp3) is 0.500. The standard InChI is InChI=1S/C12H14INO/c13-10-3-1-8(2-4-10)11-5-9-6-14-7-12(9)15-11/h1-4,9,11-12,14H,5-7H2. The quantitative estimate of drug-likeness (QED) is 0.803. The SMILES string of the molecule is Ic1ccc(C2CC3CNCC3O2)cc1. The highest BCUT2D eigenvalue weighted by Gasteiger charge is 2.38. The maximum Gasteiger partial charge on any atom is 0.0833 e. The van der Waals surface area contributed by atoms with Gasteiger partial charge in [0.25, 0.3) is 0 Å². The molecule has 2 heterocycles. The van der Waals surface area contributed by atoms with Crippen LogP contribution < -0.4 is 5.32 Å². The minimum Gasteiger partial charge on any atom is -0.369 e. The van der Waals surface area contributed by atoms with Crippen molar-refractivity contribution in [1.29, 1.82) is 0 Å². The van der Waals surface area contributed by atoms with Crippen LogP contribution in [0.1, 0.15) is 18.1 Å². The molecule has 2 fully saturated rings. The van der Waals surface area contributed by atoms with Gasteiger partial charge in [0.1, 0.15) is 0 Å². The summed E-state index contributed by atoms with van der Waals surface area (Å²) in [5.74, 6) is 0.731. The molecular formula is C12H14INO. The van der Waals surface area contributed by atoms with Crippen molar-refractivity contribution in [2.45, 2.75) is 18.6 Å². The van der Waals surface area contributed by atoms with Crippen LogP contribution in [0.25, 0.3) is 0 Å². The third kappa shape index (κ3) is 1.92. The summed E-state index contributed by atoms with van der Waals surface area (Å²) in [5.41, 5.74) is 1.34. The van der Waals surface area contributed by atoms with Crippen LogP contribution in [0.2, 0.25) is 0 Å². The van der Waals surface area contributed by atoms with E-state index in [1.807, 2.05) is 0 Å². The summed E-state index contributed by atoms with van der Waals surface area (Å²) in [7, 11) is 0. The largest absolute Gasteiger partial charge is 0.369 e. The molecular weight excluding hydrogens is 301 g/mol. The van der Waals surface area contributed by atoms with Crippen LogP contribution >= 0.6 is 22.6 Å². The van der Waals surface area contributed by atoms with Crippen LogP contribution in [0.15, 0.2) is 24.3 Å². The fourth-order valence-electron chi connectivity index (χ4n) is 2.54. The van der Waals surface area contributed by atoms with Crippen LogP contribution in [-0.4, -0.2) is 19.2 Å². The summed E-state index contributed by atoms with van der Waals surface area (Å²) >= 11 is 2.34. The number of halogens is 1. The van der Waals surface area contributed by atoms with Crippen LogP contribution in [0.5, 0.6) is 0 Å². The molecule has 3 rings (SSSR count). The summed E-state index contributed by atoms with van der Waals surface area (Å²) in [6.45, 7) is 2.16. The maximum atomic E-state index is 6.05. The fourth-order valence-corrected chi connectivity index (χ4v) is 2.90. The van der Waals surface area contributed by atoms with E-state index < -0.39 is 0 Å². The molecule has 0 aromatic heterocycles. The summed E-state index contributed by atoms with van der Waals surface area (Å²) in [5, 5.41) is 3.38. The Hall–Kier alpha value is -0.130. The molecule has 3 atom stereocenters. The van der Waals surface area contributed by atoms with Gasteiger partial charge in [-0.3, -0.25) is 0 Å². The Morgan fingerprint density at radius 3 is 2.73 bits per heavy atom. The first-order valence-corrected chi connectivity index (χ1v) is 6.52. The molecule has 0 saturated carbocycles. The first-order valence-electron chi connectivity index (χ1n) is 5.44. The van der Waals surface area contributed by atoms with E-state index in [1.54, 1.807) is 0 Å². The van der Waals surface area contributed by atoms with Crippen molar-refractivity contribution >= 4 is 22.6 Å². The summed E-state index contributed by atoms with van der Waals surface area (Å²) in [6, 6.07) is 8.71. The molecule has 3 heteroatoms. The van der Waals surface area contributed by atoms with E-state index in [0.717, 1.165) is 19.0 Å². The van der Waals surface area contributed by atoms with Crippen molar-refractivity contribution in [3.05, 3.63) is 33.4 Å². The van der Waals surface area contributed by atoms with Gasteiger partial charge in [0.2, 0.25) is 0 Å². The van der Waals surface area contributed by atoms with E-state index in [4.69, 9.17) is 4.74 Å². The maximum absolute atomic E-state index is 6.05. The Bertz CT molecular complexity index is 339. The third-order valence-corrected chi connectivity index (χ3v) is 4.09. The zero-order valence-corrected chi connectivity index (χ0v) is 10.6. The number of nitrogens with one attached hydrogen (secondary N) is 1. The topological polar surface area (TPSA) is 21.3 Å². The van der Waals surface area contributed by atoms with Crippen molar-refractivity contribution in [3.8, 4) is 0 Å². The molecule has 0 bridgehead atoms. The number of ether oxygens (including phenoxy) is 1. The minimum absolute atomic E-state index is 0.332. The molecule has 2 aliphatic heterocycles. The van der Waals surface area contributed by atoms with Gasteiger partial charge in [-0.05, 0) is 46.7 Å². The van der Waals surface area contributed by atoms with Crippen LogP contribution in [0.3, 0.4) is 0 Å². The van der Waals surface area contributed by atoms with Gasteiger partial charge in [-0.1, -0.05) is 12.1 Å². The smallest absolute Gasteiger partial charge is 0.0833 e. The van der Waals surface area contributed by atoms with Gasteiger partial charge < -0.3 is 10.1 Å². The lowest BCUT2D eigenvalue weighted by Gasteiger charge is -2.12. The van der Waals surface area contributed by atoms with Gasteiger partial charge in [-0.15, -0.1) is 0 Å². The molecule has 3 unspecified atom stereocenters. The lowest BCUT2D eigenvalue weighted by molar-refractivity contribution is 0.0475. The van der Waals surface area contributed by atoms with Gasteiger partial charge in [0.15, 0.2) is 0 Å². The molecule has 1 N–H and O–H groups in total. The molecule has 2 aliphatic rings. The van der Waals surface area contributed by atoms with Gasteiger partial charge >= 0.3 is 0 Å². The lowest BCUT2D eigenvalue weighted by Crippen LogP contribution is -2.16. The lowest BCUT2D eigenvalue weighted by atomic mass is 9.99. The van der Waals surface area contributed by atoms with Crippen LogP contribution in [-0.2, 0) is 4.74 Å². The average Bonchev–Trinajstić information content (AvgIpc) is 2.78. The molecule has 1 aromatic rings.